The van der Waals surface area contributed by atoms with Gasteiger partial charge >= 0.3 is 0 Å². The number of benzene rings is 1. The summed E-state index contributed by atoms with van der Waals surface area (Å²) in [7, 11) is 0. The molecule has 98 valence electrons. The van der Waals surface area contributed by atoms with Gasteiger partial charge in [-0.25, -0.2) is 0 Å². The maximum atomic E-state index is 12.0. The van der Waals surface area contributed by atoms with Crippen LogP contribution in [0.3, 0.4) is 0 Å². The second-order valence-corrected chi connectivity index (χ2v) is 5.28. The van der Waals surface area contributed by atoms with Crippen molar-refractivity contribution in [3.63, 3.8) is 0 Å². The number of piperidine rings is 1. The fourth-order valence-corrected chi connectivity index (χ4v) is 2.41. The number of hydrogen-bond donors (Lipinski definition) is 2. The maximum absolute atomic E-state index is 12.0. The zero-order chi connectivity index (χ0) is 13.0. The van der Waals surface area contributed by atoms with Crippen LogP contribution in [0.25, 0.3) is 0 Å². The molecule has 2 atom stereocenters. The largest absolute Gasteiger partial charge is 0.352 e. The van der Waals surface area contributed by atoms with E-state index in [-0.39, 0.29) is 11.8 Å². The number of rotatable bonds is 3. The van der Waals surface area contributed by atoms with Crippen molar-refractivity contribution in [1.29, 1.82) is 0 Å². The molecule has 1 saturated heterocycles. The van der Waals surface area contributed by atoms with Gasteiger partial charge in [-0.1, -0.05) is 29.8 Å². The van der Waals surface area contributed by atoms with Gasteiger partial charge in [0.15, 0.2) is 0 Å². The van der Waals surface area contributed by atoms with Crippen LogP contribution in [-0.4, -0.2) is 18.5 Å². The summed E-state index contributed by atoms with van der Waals surface area (Å²) < 4.78 is 0. The maximum Gasteiger partial charge on any atom is 0.223 e. The average molecular weight is 246 g/mol. The highest BCUT2D eigenvalue weighted by Gasteiger charge is 2.24. The van der Waals surface area contributed by atoms with E-state index in [1.54, 1.807) is 0 Å². The van der Waals surface area contributed by atoms with Gasteiger partial charge in [0.05, 0.1) is 0 Å². The number of hydrogen-bond acceptors (Lipinski definition) is 2. The summed E-state index contributed by atoms with van der Waals surface area (Å²) >= 11 is 0. The predicted molar refractivity (Wildman–Crippen MR) is 73.2 cm³/mol. The minimum Gasteiger partial charge on any atom is -0.352 e. The lowest BCUT2D eigenvalue weighted by molar-refractivity contribution is -0.126. The quantitative estimate of drug-likeness (QED) is 0.856. The minimum absolute atomic E-state index is 0.173. The fourth-order valence-electron chi connectivity index (χ4n) is 2.41. The average Bonchev–Trinajstić information content (AvgIpc) is 2.38. The molecule has 1 aliphatic heterocycles. The topological polar surface area (TPSA) is 41.1 Å². The first-order chi connectivity index (χ1) is 8.65. The minimum atomic E-state index is 0.173. The van der Waals surface area contributed by atoms with Gasteiger partial charge in [0.1, 0.15) is 0 Å². The Kier molecular flexibility index (Phi) is 4.37. The molecule has 0 saturated carbocycles. The summed E-state index contributed by atoms with van der Waals surface area (Å²) in [5, 5.41) is 6.41. The molecule has 2 rings (SSSR count). The van der Waals surface area contributed by atoms with Gasteiger partial charge in [0, 0.05) is 18.5 Å². The third-order valence-corrected chi connectivity index (χ3v) is 3.58. The van der Waals surface area contributed by atoms with E-state index in [1.165, 1.54) is 5.56 Å². The molecule has 1 aromatic carbocycles. The first kappa shape index (κ1) is 13.1. The van der Waals surface area contributed by atoms with Crippen LogP contribution < -0.4 is 10.6 Å². The molecular weight excluding hydrogens is 224 g/mol. The van der Waals surface area contributed by atoms with E-state index in [0.29, 0.717) is 12.6 Å². The SMILES string of the molecule is Cc1ccc(CNC(=O)C2CCNC(C)C2)cc1. The van der Waals surface area contributed by atoms with Crippen molar-refractivity contribution in [2.24, 2.45) is 5.92 Å². The molecule has 3 nitrogen and oxygen atoms in total. The molecule has 0 bridgehead atoms. The summed E-state index contributed by atoms with van der Waals surface area (Å²) in [6.45, 7) is 5.79. The second kappa shape index (κ2) is 6.01. The van der Waals surface area contributed by atoms with Crippen molar-refractivity contribution < 1.29 is 4.79 Å². The number of nitrogens with one attached hydrogen (secondary N) is 2. The van der Waals surface area contributed by atoms with E-state index in [0.717, 1.165) is 24.9 Å². The lowest BCUT2D eigenvalue weighted by Gasteiger charge is -2.27. The highest BCUT2D eigenvalue weighted by atomic mass is 16.1. The number of amides is 1. The molecule has 1 amide bonds. The molecule has 3 heteroatoms. The van der Waals surface area contributed by atoms with Crippen molar-refractivity contribution in [1.82, 2.24) is 10.6 Å². The Hall–Kier alpha value is -1.35. The summed E-state index contributed by atoms with van der Waals surface area (Å²) in [5.41, 5.74) is 2.41. The van der Waals surface area contributed by atoms with E-state index in [1.807, 2.05) is 0 Å². The Balaban J connectivity index is 1.82. The molecule has 1 fully saturated rings. The first-order valence-electron chi connectivity index (χ1n) is 6.72. The zero-order valence-electron chi connectivity index (χ0n) is 11.2. The molecule has 0 spiro atoms. The Morgan fingerprint density at radius 1 is 1.39 bits per heavy atom. The molecule has 1 aliphatic rings. The summed E-state index contributed by atoms with van der Waals surface area (Å²) in [5.74, 6) is 0.371. The number of carbonyl (C=O) groups excluding carboxylic acids is 1. The van der Waals surface area contributed by atoms with Gasteiger partial charge in [0.2, 0.25) is 5.91 Å². The molecule has 0 aromatic heterocycles. The van der Waals surface area contributed by atoms with E-state index in [4.69, 9.17) is 0 Å². The summed E-state index contributed by atoms with van der Waals surface area (Å²) in [6, 6.07) is 8.75. The molecular formula is C15H22N2O. The van der Waals surface area contributed by atoms with Crippen molar-refractivity contribution in [2.45, 2.75) is 39.3 Å². The lowest BCUT2D eigenvalue weighted by Crippen LogP contribution is -2.42. The van der Waals surface area contributed by atoms with Crippen molar-refractivity contribution >= 4 is 5.91 Å². The van der Waals surface area contributed by atoms with Crippen LogP contribution in [0.4, 0.5) is 0 Å². The lowest BCUT2D eigenvalue weighted by atomic mass is 9.92. The standard InChI is InChI=1S/C15H22N2O/c1-11-3-5-13(6-4-11)10-17-15(18)14-7-8-16-12(2)9-14/h3-6,12,14,16H,7-10H2,1-2H3,(H,17,18). The fraction of sp³-hybridized carbons (Fsp3) is 0.533. The van der Waals surface area contributed by atoms with Crippen LogP contribution in [-0.2, 0) is 11.3 Å². The van der Waals surface area contributed by atoms with Gasteiger partial charge in [0.25, 0.3) is 0 Å². The Labute approximate surface area is 109 Å². The van der Waals surface area contributed by atoms with Crippen molar-refractivity contribution in [3.05, 3.63) is 35.4 Å². The Morgan fingerprint density at radius 3 is 2.78 bits per heavy atom. The van der Waals surface area contributed by atoms with Crippen LogP contribution >= 0.6 is 0 Å². The van der Waals surface area contributed by atoms with E-state index < -0.39 is 0 Å². The van der Waals surface area contributed by atoms with Crippen molar-refractivity contribution in [2.75, 3.05) is 6.54 Å². The van der Waals surface area contributed by atoms with Crippen LogP contribution in [0.5, 0.6) is 0 Å². The molecule has 1 heterocycles. The van der Waals surface area contributed by atoms with E-state index in [9.17, 15) is 4.79 Å². The van der Waals surface area contributed by atoms with Gasteiger partial charge in [-0.3, -0.25) is 4.79 Å². The first-order valence-corrected chi connectivity index (χ1v) is 6.72. The van der Waals surface area contributed by atoms with E-state index in [2.05, 4.69) is 48.7 Å². The molecule has 1 aromatic rings. The predicted octanol–water partition coefficient (Wildman–Crippen LogP) is 2.00. The molecule has 2 unspecified atom stereocenters. The number of carbonyl (C=O) groups is 1. The van der Waals surface area contributed by atoms with Gasteiger partial charge in [-0.15, -0.1) is 0 Å². The monoisotopic (exact) mass is 246 g/mol. The zero-order valence-corrected chi connectivity index (χ0v) is 11.2. The molecule has 0 radical (unpaired) electrons. The Bertz CT molecular complexity index is 399. The highest BCUT2D eigenvalue weighted by Crippen LogP contribution is 2.16. The Morgan fingerprint density at radius 2 is 2.11 bits per heavy atom. The highest BCUT2D eigenvalue weighted by molar-refractivity contribution is 5.78. The third kappa shape index (κ3) is 3.57. The molecule has 0 aliphatic carbocycles. The molecule has 18 heavy (non-hydrogen) atoms. The number of aryl methyl sites for hydroxylation is 1. The van der Waals surface area contributed by atoms with Gasteiger partial charge in [-0.2, -0.15) is 0 Å². The van der Waals surface area contributed by atoms with Crippen LogP contribution in [0.1, 0.15) is 30.9 Å². The second-order valence-electron chi connectivity index (χ2n) is 5.28. The normalized spacial score (nSPS) is 23.7. The summed E-state index contributed by atoms with van der Waals surface area (Å²) in [6.07, 6.45) is 1.89. The molecule has 2 N–H and O–H groups in total. The van der Waals surface area contributed by atoms with Crippen LogP contribution in [0.2, 0.25) is 0 Å². The smallest absolute Gasteiger partial charge is 0.223 e. The summed E-state index contributed by atoms with van der Waals surface area (Å²) in [4.78, 5) is 12.0. The van der Waals surface area contributed by atoms with Crippen molar-refractivity contribution in [3.8, 4) is 0 Å². The van der Waals surface area contributed by atoms with Crippen LogP contribution in [0, 0.1) is 12.8 Å². The van der Waals surface area contributed by atoms with E-state index >= 15 is 0 Å². The third-order valence-electron chi connectivity index (χ3n) is 3.58. The van der Waals surface area contributed by atoms with Gasteiger partial charge in [-0.05, 0) is 38.8 Å². The van der Waals surface area contributed by atoms with Crippen LogP contribution in [0.15, 0.2) is 24.3 Å². The van der Waals surface area contributed by atoms with Gasteiger partial charge < -0.3 is 10.6 Å².